The zero-order chi connectivity index (χ0) is 17.0. The van der Waals surface area contributed by atoms with Crippen LogP contribution in [0.2, 0.25) is 0 Å². The highest BCUT2D eigenvalue weighted by Gasteiger charge is 2.24. The Kier molecular flexibility index (Phi) is 5.00. The first-order chi connectivity index (χ1) is 10.9. The molecule has 2 aromatic carbocycles. The van der Waals surface area contributed by atoms with E-state index < -0.39 is 41.0 Å². The second kappa shape index (κ2) is 6.95. The van der Waals surface area contributed by atoms with Crippen molar-refractivity contribution in [1.82, 2.24) is 0 Å². The summed E-state index contributed by atoms with van der Waals surface area (Å²) in [5, 5.41) is 2.38. The fourth-order valence-corrected chi connectivity index (χ4v) is 1.74. The predicted molar refractivity (Wildman–Crippen MR) is 76.3 cm³/mol. The maximum absolute atomic E-state index is 13.5. The van der Waals surface area contributed by atoms with E-state index >= 15 is 0 Å². The summed E-state index contributed by atoms with van der Waals surface area (Å²) >= 11 is 0. The lowest BCUT2D eigenvalue weighted by atomic mass is 10.2. The number of esters is 1. The maximum atomic E-state index is 13.5. The predicted octanol–water partition coefficient (Wildman–Crippen LogP) is 3.29. The summed E-state index contributed by atoms with van der Waals surface area (Å²) in [4.78, 5) is 23.6. The molecule has 0 aliphatic heterocycles. The second-order valence-electron chi connectivity index (χ2n) is 4.64. The number of carbonyl (C=O) groups is 2. The molecule has 1 amide bonds. The van der Waals surface area contributed by atoms with Gasteiger partial charge in [-0.1, -0.05) is 6.07 Å². The van der Waals surface area contributed by atoms with Gasteiger partial charge in [-0.05, 0) is 43.3 Å². The van der Waals surface area contributed by atoms with Gasteiger partial charge in [-0.25, -0.2) is 18.0 Å². The van der Waals surface area contributed by atoms with Gasteiger partial charge in [0.25, 0.3) is 5.91 Å². The van der Waals surface area contributed by atoms with Gasteiger partial charge in [-0.15, -0.1) is 0 Å². The Morgan fingerprint density at radius 1 is 1.00 bits per heavy atom. The van der Waals surface area contributed by atoms with Crippen LogP contribution in [0.25, 0.3) is 0 Å². The van der Waals surface area contributed by atoms with Gasteiger partial charge in [0.15, 0.2) is 6.10 Å². The van der Waals surface area contributed by atoms with Crippen LogP contribution in [0.5, 0.6) is 0 Å². The molecule has 0 bridgehead atoms. The number of rotatable bonds is 4. The van der Waals surface area contributed by atoms with Crippen molar-refractivity contribution in [2.24, 2.45) is 0 Å². The van der Waals surface area contributed by atoms with Crippen LogP contribution in [0.1, 0.15) is 17.3 Å². The lowest BCUT2D eigenvalue weighted by Gasteiger charge is -2.14. The van der Waals surface area contributed by atoms with Gasteiger partial charge in [0.05, 0.1) is 0 Å². The smallest absolute Gasteiger partial charge is 0.344 e. The second-order valence-corrected chi connectivity index (χ2v) is 4.64. The van der Waals surface area contributed by atoms with Gasteiger partial charge in [0.2, 0.25) is 0 Å². The summed E-state index contributed by atoms with van der Waals surface area (Å²) in [6.45, 7) is 1.25. The van der Waals surface area contributed by atoms with Crippen LogP contribution in [0.3, 0.4) is 0 Å². The van der Waals surface area contributed by atoms with Crippen LogP contribution in [-0.2, 0) is 9.53 Å². The van der Waals surface area contributed by atoms with Crippen LogP contribution >= 0.6 is 0 Å². The van der Waals surface area contributed by atoms with Crippen molar-refractivity contribution in [1.29, 1.82) is 0 Å². The number of hydrogen-bond donors (Lipinski definition) is 1. The molecule has 2 aromatic rings. The van der Waals surface area contributed by atoms with Crippen molar-refractivity contribution >= 4 is 17.6 Å². The number of halogens is 3. The molecular weight excluding hydrogens is 311 g/mol. The number of anilines is 1. The molecule has 0 heterocycles. The third kappa shape index (κ3) is 4.09. The van der Waals surface area contributed by atoms with Crippen LogP contribution in [0, 0.1) is 17.5 Å². The number of nitrogens with one attached hydrogen (secondary N) is 1. The number of amides is 1. The fraction of sp³-hybridized carbons (Fsp3) is 0.125. The third-order valence-corrected chi connectivity index (χ3v) is 2.93. The quantitative estimate of drug-likeness (QED) is 0.879. The van der Waals surface area contributed by atoms with Crippen LogP contribution in [0.4, 0.5) is 18.9 Å². The number of ether oxygens (including phenoxy) is 1. The lowest BCUT2D eigenvalue weighted by molar-refractivity contribution is -0.123. The highest BCUT2D eigenvalue weighted by molar-refractivity contribution is 5.97. The van der Waals surface area contributed by atoms with Gasteiger partial charge in [0, 0.05) is 5.69 Å². The van der Waals surface area contributed by atoms with Crippen molar-refractivity contribution < 1.29 is 27.5 Å². The van der Waals surface area contributed by atoms with Crippen molar-refractivity contribution in [2.75, 3.05) is 5.32 Å². The van der Waals surface area contributed by atoms with Gasteiger partial charge >= 0.3 is 5.97 Å². The molecule has 0 unspecified atom stereocenters. The minimum absolute atomic E-state index is 0.288. The molecule has 0 saturated heterocycles. The number of carbonyl (C=O) groups excluding carboxylic acids is 2. The van der Waals surface area contributed by atoms with Crippen LogP contribution in [0.15, 0.2) is 42.5 Å². The number of benzene rings is 2. The first-order valence-corrected chi connectivity index (χ1v) is 6.60. The van der Waals surface area contributed by atoms with E-state index in [-0.39, 0.29) is 5.69 Å². The van der Waals surface area contributed by atoms with Crippen molar-refractivity contribution in [2.45, 2.75) is 13.0 Å². The molecular formula is C16H12F3NO3. The summed E-state index contributed by atoms with van der Waals surface area (Å²) in [5.41, 5.74) is -0.578. The molecule has 0 spiro atoms. The standard InChI is InChI=1S/C16H12F3NO3/c1-9(15(21)20-11-7-5-10(17)6-8-11)23-16(22)14-12(18)3-2-4-13(14)19/h2-9H,1H3,(H,20,21)/t9-/m0/s1. The van der Waals surface area contributed by atoms with E-state index in [9.17, 15) is 22.8 Å². The average molecular weight is 323 g/mol. The molecule has 0 aliphatic carbocycles. The molecule has 1 N–H and O–H groups in total. The minimum Gasteiger partial charge on any atom is -0.449 e. The summed E-state index contributed by atoms with van der Waals surface area (Å²) in [6, 6.07) is 7.83. The fourth-order valence-electron chi connectivity index (χ4n) is 1.74. The SMILES string of the molecule is C[C@H](OC(=O)c1c(F)cccc1F)C(=O)Nc1ccc(F)cc1. The zero-order valence-electron chi connectivity index (χ0n) is 12.0. The maximum Gasteiger partial charge on any atom is 0.344 e. The molecule has 4 nitrogen and oxygen atoms in total. The van der Waals surface area contributed by atoms with Crippen LogP contribution < -0.4 is 5.32 Å². The molecule has 120 valence electrons. The Balaban J connectivity index is 2.03. The van der Waals surface area contributed by atoms with Crippen molar-refractivity contribution in [3.63, 3.8) is 0 Å². The third-order valence-electron chi connectivity index (χ3n) is 2.93. The van der Waals surface area contributed by atoms with Gasteiger partial charge < -0.3 is 10.1 Å². The molecule has 2 rings (SSSR count). The average Bonchev–Trinajstić information content (AvgIpc) is 2.49. The summed E-state index contributed by atoms with van der Waals surface area (Å²) in [5.74, 6) is -4.65. The molecule has 0 radical (unpaired) electrons. The molecule has 23 heavy (non-hydrogen) atoms. The molecule has 7 heteroatoms. The highest BCUT2D eigenvalue weighted by Crippen LogP contribution is 2.15. The van der Waals surface area contributed by atoms with Gasteiger partial charge in [0.1, 0.15) is 23.0 Å². The Labute approximate surface area is 129 Å². The first kappa shape index (κ1) is 16.5. The van der Waals surface area contributed by atoms with E-state index in [1.807, 2.05) is 0 Å². The Hall–Kier alpha value is -2.83. The van der Waals surface area contributed by atoms with Gasteiger partial charge in [-0.2, -0.15) is 0 Å². The monoisotopic (exact) mass is 323 g/mol. The summed E-state index contributed by atoms with van der Waals surface area (Å²) < 4.78 is 44.4. The summed E-state index contributed by atoms with van der Waals surface area (Å²) in [7, 11) is 0. The van der Waals surface area contributed by atoms with Gasteiger partial charge in [-0.3, -0.25) is 4.79 Å². The Morgan fingerprint density at radius 3 is 2.13 bits per heavy atom. The first-order valence-electron chi connectivity index (χ1n) is 6.60. The molecule has 0 saturated carbocycles. The molecule has 0 aliphatic rings. The van der Waals surface area contributed by atoms with E-state index in [0.717, 1.165) is 30.3 Å². The Morgan fingerprint density at radius 2 is 1.57 bits per heavy atom. The van der Waals surface area contributed by atoms with Crippen molar-refractivity contribution in [3.8, 4) is 0 Å². The Bertz CT molecular complexity index is 712. The van der Waals surface area contributed by atoms with E-state index in [2.05, 4.69) is 5.32 Å². The van der Waals surface area contributed by atoms with E-state index in [4.69, 9.17) is 4.74 Å². The van der Waals surface area contributed by atoms with Crippen molar-refractivity contribution in [3.05, 3.63) is 65.5 Å². The van der Waals surface area contributed by atoms with Crippen LogP contribution in [-0.4, -0.2) is 18.0 Å². The topological polar surface area (TPSA) is 55.4 Å². The minimum atomic E-state index is -1.30. The van der Waals surface area contributed by atoms with E-state index in [0.29, 0.717) is 0 Å². The molecule has 1 atom stereocenters. The van der Waals surface area contributed by atoms with E-state index in [1.165, 1.54) is 19.1 Å². The molecule has 0 aromatic heterocycles. The zero-order valence-corrected chi connectivity index (χ0v) is 12.0. The normalized spacial score (nSPS) is 11.7. The molecule has 0 fully saturated rings. The van der Waals surface area contributed by atoms with E-state index in [1.54, 1.807) is 0 Å². The lowest BCUT2D eigenvalue weighted by Crippen LogP contribution is -2.30. The largest absolute Gasteiger partial charge is 0.449 e. The highest BCUT2D eigenvalue weighted by atomic mass is 19.1. The summed E-state index contributed by atoms with van der Waals surface area (Å²) in [6.07, 6.45) is -1.30. The number of hydrogen-bond acceptors (Lipinski definition) is 3.